The molecule has 0 rings (SSSR count). The van der Waals surface area contributed by atoms with E-state index in [1.54, 1.807) is 13.0 Å². The molecule has 0 fully saturated rings. The first-order chi connectivity index (χ1) is 5.81. The Balaban J connectivity index is 3.38. The third-order valence-electron chi connectivity index (χ3n) is 0.931. The van der Waals surface area contributed by atoms with E-state index in [1.807, 2.05) is 13.0 Å². The fourth-order valence-corrected chi connectivity index (χ4v) is 0.847. The Morgan fingerprint density at radius 3 is 2.83 bits per heavy atom. The fraction of sp³-hybridized carbons (Fsp3) is 0.500. The zero-order valence-electron chi connectivity index (χ0n) is 7.24. The monoisotopic (exact) mass is 187 g/mol. The molecule has 0 aliphatic carbocycles. The third kappa shape index (κ3) is 7.43. The highest BCUT2D eigenvalue weighted by Gasteiger charge is 2.17. The molecule has 1 atom stereocenters. The summed E-state index contributed by atoms with van der Waals surface area (Å²) in [6, 6.07) is 0. The number of hydrogen-bond acceptors (Lipinski definition) is 3. The Morgan fingerprint density at radius 2 is 2.25 bits per heavy atom. The maximum atomic E-state index is 10.8. The molecule has 0 bridgehead atoms. The smallest absolute Gasteiger partial charge is 0.115 e. The van der Waals surface area contributed by atoms with Crippen molar-refractivity contribution < 1.29 is 13.6 Å². The maximum Gasteiger partial charge on any atom is 0.698 e. The number of rotatable bonds is 5. The highest BCUT2D eigenvalue weighted by Crippen LogP contribution is 2.22. The minimum Gasteiger partial charge on any atom is -0.115 e. The van der Waals surface area contributed by atoms with Crippen molar-refractivity contribution in [3.8, 4) is 11.8 Å². The second kappa shape index (κ2) is 8.42. The van der Waals surface area contributed by atoms with Crippen molar-refractivity contribution >= 4 is 8.25 Å². The lowest BCUT2D eigenvalue weighted by Gasteiger charge is -1.81. The van der Waals surface area contributed by atoms with Gasteiger partial charge in [0.2, 0.25) is 0 Å². The molecule has 0 radical (unpaired) electrons. The van der Waals surface area contributed by atoms with Gasteiger partial charge in [0.25, 0.3) is 0 Å². The average molecular weight is 187 g/mol. The van der Waals surface area contributed by atoms with E-state index in [-0.39, 0.29) is 6.61 Å². The van der Waals surface area contributed by atoms with E-state index in [1.165, 1.54) is 0 Å². The molecule has 66 valence electrons. The van der Waals surface area contributed by atoms with E-state index in [0.717, 1.165) is 0 Å². The fourth-order valence-electron chi connectivity index (χ4n) is 0.395. The summed E-state index contributed by atoms with van der Waals surface area (Å²) in [5.41, 5.74) is 0. The van der Waals surface area contributed by atoms with Crippen molar-refractivity contribution in [3.63, 3.8) is 0 Å². The lowest BCUT2D eigenvalue weighted by molar-refractivity contribution is 0.264. The van der Waals surface area contributed by atoms with Crippen LogP contribution in [-0.2, 0) is 13.6 Å². The summed E-state index contributed by atoms with van der Waals surface area (Å²) < 4.78 is 20.3. The molecule has 0 N–H and O–H groups in total. The normalized spacial score (nSPS) is 11.0. The van der Waals surface area contributed by atoms with E-state index in [9.17, 15) is 4.57 Å². The molecule has 0 aromatic carbocycles. The SMILES string of the molecule is CC#CCO[P+](=O)OCC=CC. The molecule has 0 aliphatic heterocycles. The van der Waals surface area contributed by atoms with Crippen LogP contribution in [0.25, 0.3) is 0 Å². The molecule has 4 heteroatoms. The second-order valence-electron chi connectivity index (χ2n) is 1.79. The maximum absolute atomic E-state index is 10.8. The van der Waals surface area contributed by atoms with Crippen LogP contribution in [0.2, 0.25) is 0 Å². The molecule has 12 heavy (non-hydrogen) atoms. The summed E-state index contributed by atoms with van der Waals surface area (Å²) in [6.07, 6.45) is 3.57. The zero-order chi connectivity index (χ0) is 9.23. The topological polar surface area (TPSA) is 35.5 Å². The summed E-state index contributed by atoms with van der Waals surface area (Å²) in [4.78, 5) is 0. The van der Waals surface area contributed by atoms with E-state index >= 15 is 0 Å². The minimum absolute atomic E-state index is 0.154. The highest BCUT2D eigenvalue weighted by atomic mass is 31.1. The van der Waals surface area contributed by atoms with Gasteiger partial charge in [0.05, 0.1) is 0 Å². The van der Waals surface area contributed by atoms with Gasteiger partial charge in [0.1, 0.15) is 6.61 Å². The molecule has 0 aromatic heterocycles. The van der Waals surface area contributed by atoms with Gasteiger partial charge in [-0.3, -0.25) is 0 Å². The number of hydrogen-bond donors (Lipinski definition) is 0. The summed E-state index contributed by atoms with van der Waals surface area (Å²) in [5.74, 6) is 5.23. The van der Waals surface area contributed by atoms with E-state index in [4.69, 9.17) is 9.05 Å². The van der Waals surface area contributed by atoms with Crippen LogP contribution < -0.4 is 0 Å². The molecule has 0 heterocycles. The van der Waals surface area contributed by atoms with Gasteiger partial charge in [0.15, 0.2) is 6.61 Å². The minimum atomic E-state index is -2.01. The van der Waals surface area contributed by atoms with Crippen LogP contribution in [0, 0.1) is 11.8 Å². The summed E-state index contributed by atoms with van der Waals surface area (Å²) in [6.45, 7) is 4.02. The van der Waals surface area contributed by atoms with Crippen LogP contribution in [0.5, 0.6) is 0 Å². The largest absolute Gasteiger partial charge is 0.698 e. The van der Waals surface area contributed by atoms with Gasteiger partial charge in [0, 0.05) is 4.57 Å². The second-order valence-corrected chi connectivity index (χ2v) is 2.75. The summed E-state index contributed by atoms with van der Waals surface area (Å²) >= 11 is 0. The number of allylic oxidation sites excluding steroid dienone is 1. The van der Waals surface area contributed by atoms with Crippen LogP contribution in [0.4, 0.5) is 0 Å². The molecule has 0 spiro atoms. The van der Waals surface area contributed by atoms with Gasteiger partial charge in [-0.05, 0) is 13.8 Å². The van der Waals surface area contributed by atoms with E-state index in [2.05, 4.69) is 11.8 Å². The van der Waals surface area contributed by atoms with Crippen molar-refractivity contribution in [2.24, 2.45) is 0 Å². The standard InChI is InChI=1S/C8H12O3P/c1-3-5-7-10-12(9)11-8-6-4-2/h3,5H,7-8H2,1-2H3/q+1. The lowest BCUT2D eigenvalue weighted by atomic mass is 10.6. The highest BCUT2D eigenvalue weighted by molar-refractivity contribution is 7.33. The van der Waals surface area contributed by atoms with Crippen LogP contribution in [0.1, 0.15) is 13.8 Å². The van der Waals surface area contributed by atoms with Crippen LogP contribution in [0.3, 0.4) is 0 Å². The van der Waals surface area contributed by atoms with Crippen molar-refractivity contribution in [3.05, 3.63) is 12.2 Å². The first-order valence-corrected chi connectivity index (χ1v) is 4.64. The molecule has 0 aliphatic rings. The van der Waals surface area contributed by atoms with Crippen LogP contribution >= 0.6 is 8.25 Å². The van der Waals surface area contributed by atoms with Gasteiger partial charge < -0.3 is 0 Å². The Kier molecular flexibility index (Phi) is 7.94. The lowest BCUT2D eigenvalue weighted by Crippen LogP contribution is -1.85. The van der Waals surface area contributed by atoms with E-state index < -0.39 is 8.25 Å². The zero-order valence-corrected chi connectivity index (χ0v) is 8.14. The van der Waals surface area contributed by atoms with E-state index in [0.29, 0.717) is 6.61 Å². The Hall–Kier alpha value is -0.680. The van der Waals surface area contributed by atoms with Gasteiger partial charge in [-0.25, -0.2) is 0 Å². The first kappa shape index (κ1) is 11.3. The van der Waals surface area contributed by atoms with Crippen LogP contribution in [-0.4, -0.2) is 13.2 Å². The predicted molar refractivity (Wildman–Crippen MR) is 47.8 cm³/mol. The molecule has 0 saturated carbocycles. The van der Waals surface area contributed by atoms with Crippen molar-refractivity contribution in [2.75, 3.05) is 13.2 Å². The first-order valence-electron chi connectivity index (χ1n) is 3.55. The Bertz CT molecular complexity index is 212. The average Bonchev–Trinajstić information content (AvgIpc) is 2.06. The van der Waals surface area contributed by atoms with Crippen LogP contribution in [0.15, 0.2) is 12.2 Å². The van der Waals surface area contributed by atoms with Gasteiger partial charge in [-0.15, -0.1) is 15.0 Å². The Morgan fingerprint density at radius 1 is 1.50 bits per heavy atom. The van der Waals surface area contributed by atoms with Crippen molar-refractivity contribution in [1.82, 2.24) is 0 Å². The van der Waals surface area contributed by atoms with Gasteiger partial charge in [-0.2, -0.15) is 0 Å². The molecular formula is C8H12O3P+. The molecule has 0 amide bonds. The predicted octanol–water partition coefficient (Wildman–Crippen LogP) is 2.28. The third-order valence-corrected chi connectivity index (χ3v) is 1.63. The molecule has 3 nitrogen and oxygen atoms in total. The van der Waals surface area contributed by atoms with Crippen molar-refractivity contribution in [1.29, 1.82) is 0 Å². The quantitative estimate of drug-likeness (QED) is 0.376. The molecule has 0 saturated heterocycles. The summed E-state index contributed by atoms with van der Waals surface area (Å²) in [7, 11) is -2.01. The van der Waals surface area contributed by atoms with Gasteiger partial charge in [-0.1, -0.05) is 18.1 Å². The Labute approximate surface area is 73.7 Å². The molecule has 1 unspecified atom stereocenters. The van der Waals surface area contributed by atoms with Gasteiger partial charge >= 0.3 is 8.25 Å². The molecule has 0 aromatic rings. The summed E-state index contributed by atoms with van der Waals surface area (Å²) in [5, 5.41) is 0. The van der Waals surface area contributed by atoms with Crippen molar-refractivity contribution in [2.45, 2.75) is 13.8 Å². The molecular weight excluding hydrogens is 175 g/mol.